The normalized spacial score (nSPS) is 22.3. The van der Waals surface area contributed by atoms with Gasteiger partial charge in [-0.1, -0.05) is 26.7 Å². The number of hydrogen-bond acceptors (Lipinski definition) is 3. The van der Waals surface area contributed by atoms with Crippen molar-refractivity contribution in [3.05, 3.63) is 0 Å². The Hall–Kier alpha value is -1.30. The molecule has 1 aliphatic carbocycles. The zero-order chi connectivity index (χ0) is 15.9. The molecule has 0 saturated heterocycles. The number of carboxylic acids is 1. The quantitative estimate of drug-likeness (QED) is 0.629. The summed E-state index contributed by atoms with van der Waals surface area (Å²) in [6, 6.07) is -1.16. The van der Waals surface area contributed by atoms with Crippen molar-refractivity contribution in [2.24, 2.45) is 5.41 Å². The van der Waals surface area contributed by atoms with Gasteiger partial charge in [0.15, 0.2) is 0 Å². The molecule has 0 aromatic carbocycles. The second-order valence-electron chi connectivity index (χ2n) is 6.43. The van der Waals surface area contributed by atoms with Crippen molar-refractivity contribution < 1.29 is 19.4 Å². The van der Waals surface area contributed by atoms with Gasteiger partial charge in [-0.2, -0.15) is 0 Å². The standard InChI is InChI=1S/C15H28N2O4/c1-15(2)9-5-4-8-12(15)17-14(20)16-11(13(18)19)7-6-10-21-3/h11-12H,4-10H2,1-3H3,(H,18,19)(H2,16,17,20). The molecule has 1 fully saturated rings. The lowest BCUT2D eigenvalue weighted by molar-refractivity contribution is -0.139. The van der Waals surface area contributed by atoms with Crippen LogP contribution < -0.4 is 10.6 Å². The van der Waals surface area contributed by atoms with Gasteiger partial charge in [0.1, 0.15) is 6.04 Å². The molecule has 6 heteroatoms. The second kappa shape index (κ2) is 8.22. The van der Waals surface area contributed by atoms with E-state index in [2.05, 4.69) is 24.5 Å². The monoisotopic (exact) mass is 300 g/mol. The molecule has 2 unspecified atom stereocenters. The highest BCUT2D eigenvalue weighted by molar-refractivity contribution is 5.82. The highest BCUT2D eigenvalue weighted by Crippen LogP contribution is 2.35. The Morgan fingerprint density at radius 1 is 1.38 bits per heavy atom. The number of methoxy groups -OCH3 is 1. The molecule has 21 heavy (non-hydrogen) atoms. The molecule has 0 radical (unpaired) electrons. The highest BCUT2D eigenvalue weighted by Gasteiger charge is 2.33. The molecule has 0 aliphatic heterocycles. The number of aliphatic carboxylic acids is 1. The Labute approximate surface area is 126 Å². The van der Waals surface area contributed by atoms with Crippen LogP contribution in [0, 0.1) is 5.41 Å². The van der Waals surface area contributed by atoms with E-state index in [1.165, 1.54) is 6.42 Å². The topological polar surface area (TPSA) is 87.7 Å². The Balaban J connectivity index is 2.47. The van der Waals surface area contributed by atoms with E-state index in [0.717, 1.165) is 19.3 Å². The number of nitrogens with one attached hydrogen (secondary N) is 2. The smallest absolute Gasteiger partial charge is 0.326 e. The number of ether oxygens (including phenoxy) is 1. The van der Waals surface area contributed by atoms with Gasteiger partial charge in [-0.05, 0) is 31.1 Å². The summed E-state index contributed by atoms with van der Waals surface area (Å²) in [6.07, 6.45) is 5.27. The van der Waals surface area contributed by atoms with E-state index in [4.69, 9.17) is 9.84 Å². The average Bonchev–Trinajstić information content (AvgIpc) is 2.40. The van der Waals surface area contributed by atoms with Crippen LogP contribution in [0.4, 0.5) is 4.79 Å². The molecule has 1 rings (SSSR count). The molecule has 1 saturated carbocycles. The molecule has 6 nitrogen and oxygen atoms in total. The molecular weight excluding hydrogens is 272 g/mol. The number of carbonyl (C=O) groups is 2. The van der Waals surface area contributed by atoms with Gasteiger partial charge in [-0.25, -0.2) is 9.59 Å². The Kier molecular flexibility index (Phi) is 6.95. The number of carboxylic acid groups (broad SMARTS) is 1. The highest BCUT2D eigenvalue weighted by atomic mass is 16.5. The van der Waals surface area contributed by atoms with E-state index in [1.54, 1.807) is 7.11 Å². The fraction of sp³-hybridized carbons (Fsp3) is 0.867. The third kappa shape index (κ3) is 5.91. The van der Waals surface area contributed by atoms with Crippen molar-refractivity contribution in [2.45, 2.75) is 64.5 Å². The second-order valence-corrected chi connectivity index (χ2v) is 6.43. The van der Waals surface area contributed by atoms with Crippen LogP contribution in [0.15, 0.2) is 0 Å². The van der Waals surface area contributed by atoms with Crippen molar-refractivity contribution in [2.75, 3.05) is 13.7 Å². The van der Waals surface area contributed by atoms with Gasteiger partial charge >= 0.3 is 12.0 Å². The SMILES string of the molecule is COCCCC(NC(=O)NC1CCCCC1(C)C)C(=O)O. The first-order valence-electron chi connectivity index (χ1n) is 7.65. The summed E-state index contributed by atoms with van der Waals surface area (Å²) in [4.78, 5) is 23.2. The van der Waals surface area contributed by atoms with Crippen LogP contribution in [0.25, 0.3) is 0 Å². The Morgan fingerprint density at radius 3 is 2.67 bits per heavy atom. The summed E-state index contributed by atoms with van der Waals surface area (Å²) < 4.78 is 4.90. The van der Waals surface area contributed by atoms with E-state index < -0.39 is 12.0 Å². The van der Waals surface area contributed by atoms with Gasteiger partial charge in [0.25, 0.3) is 0 Å². The molecule has 122 valence electrons. The lowest BCUT2D eigenvalue weighted by atomic mass is 9.73. The predicted octanol–water partition coefficient (Wildman–Crippen LogP) is 2.13. The van der Waals surface area contributed by atoms with Crippen LogP contribution in [0.3, 0.4) is 0 Å². The van der Waals surface area contributed by atoms with Gasteiger partial charge in [0, 0.05) is 19.8 Å². The molecule has 2 atom stereocenters. The number of urea groups is 1. The molecule has 0 aromatic rings. The summed E-state index contributed by atoms with van der Waals surface area (Å²) in [5.74, 6) is -1.01. The minimum atomic E-state index is -1.01. The van der Waals surface area contributed by atoms with Crippen LogP contribution >= 0.6 is 0 Å². The van der Waals surface area contributed by atoms with Gasteiger partial charge in [0.2, 0.25) is 0 Å². The van der Waals surface area contributed by atoms with E-state index in [-0.39, 0.29) is 17.5 Å². The van der Waals surface area contributed by atoms with Crippen LogP contribution in [0.2, 0.25) is 0 Å². The lowest BCUT2D eigenvalue weighted by Crippen LogP contribution is -2.53. The molecule has 0 bridgehead atoms. The van der Waals surface area contributed by atoms with Crippen molar-refractivity contribution in [3.8, 4) is 0 Å². The number of rotatable bonds is 7. The third-order valence-corrected chi connectivity index (χ3v) is 4.26. The van der Waals surface area contributed by atoms with E-state index in [1.807, 2.05) is 0 Å². The van der Waals surface area contributed by atoms with Crippen LogP contribution in [0.5, 0.6) is 0 Å². The zero-order valence-electron chi connectivity index (χ0n) is 13.3. The van der Waals surface area contributed by atoms with Gasteiger partial charge in [0.05, 0.1) is 0 Å². The maximum atomic E-state index is 12.0. The summed E-state index contributed by atoms with van der Waals surface area (Å²) in [6.45, 7) is 4.78. The molecule has 3 N–H and O–H groups in total. The van der Waals surface area contributed by atoms with E-state index in [0.29, 0.717) is 19.4 Å². The summed E-state index contributed by atoms with van der Waals surface area (Å²) >= 11 is 0. The van der Waals surface area contributed by atoms with Gasteiger partial charge < -0.3 is 20.5 Å². The minimum Gasteiger partial charge on any atom is -0.480 e. The molecule has 2 amide bonds. The lowest BCUT2D eigenvalue weighted by Gasteiger charge is -2.39. The Morgan fingerprint density at radius 2 is 2.10 bits per heavy atom. The molecule has 0 spiro atoms. The fourth-order valence-electron chi connectivity index (χ4n) is 2.81. The van der Waals surface area contributed by atoms with Crippen molar-refractivity contribution in [1.82, 2.24) is 10.6 Å². The van der Waals surface area contributed by atoms with E-state index in [9.17, 15) is 9.59 Å². The molecule has 1 aliphatic rings. The van der Waals surface area contributed by atoms with Crippen molar-refractivity contribution >= 4 is 12.0 Å². The van der Waals surface area contributed by atoms with Crippen molar-refractivity contribution in [1.29, 1.82) is 0 Å². The average molecular weight is 300 g/mol. The fourth-order valence-corrected chi connectivity index (χ4v) is 2.81. The number of hydrogen-bond donors (Lipinski definition) is 3. The zero-order valence-corrected chi connectivity index (χ0v) is 13.3. The number of carbonyl (C=O) groups excluding carboxylic acids is 1. The number of amides is 2. The summed E-state index contributed by atoms with van der Waals surface area (Å²) in [5, 5.41) is 14.6. The minimum absolute atomic E-state index is 0.0599. The van der Waals surface area contributed by atoms with Gasteiger partial charge in [-0.15, -0.1) is 0 Å². The third-order valence-electron chi connectivity index (χ3n) is 4.26. The first-order chi connectivity index (χ1) is 9.86. The first-order valence-corrected chi connectivity index (χ1v) is 7.65. The predicted molar refractivity (Wildman–Crippen MR) is 80.2 cm³/mol. The summed E-state index contributed by atoms with van der Waals surface area (Å²) in [5.41, 5.74) is 0.0599. The van der Waals surface area contributed by atoms with Crippen LogP contribution in [0.1, 0.15) is 52.4 Å². The van der Waals surface area contributed by atoms with Gasteiger partial charge in [-0.3, -0.25) is 0 Å². The van der Waals surface area contributed by atoms with Crippen LogP contribution in [-0.4, -0.2) is 42.9 Å². The van der Waals surface area contributed by atoms with Crippen molar-refractivity contribution in [3.63, 3.8) is 0 Å². The first kappa shape index (κ1) is 17.8. The largest absolute Gasteiger partial charge is 0.480 e. The summed E-state index contributed by atoms with van der Waals surface area (Å²) in [7, 11) is 1.57. The van der Waals surface area contributed by atoms with E-state index >= 15 is 0 Å². The maximum Gasteiger partial charge on any atom is 0.326 e. The molecule has 0 aromatic heterocycles. The molecular formula is C15H28N2O4. The van der Waals surface area contributed by atoms with Crippen LogP contribution in [-0.2, 0) is 9.53 Å². The maximum absolute atomic E-state index is 12.0. The molecule has 0 heterocycles. The Bertz CT molecular complexity index is 358.